The Morgan fingerprint density at radius 2 is 2.18 bits per heavy atom. The van der Waals surface area contributed by atoms with E-state index < -0.39 is 0 Å². The maximum absolute atomic E-state index is 12.6. The molecule has 0 bridgehead atoms. The number of oxazole rings is 1. The summed E-state index contributed by atoms with van der Waals surface area (Å²) in [4.78, 5) is 23.3. The van der Waals surface area contributed by atoms with Gasteiger partial charge in [-0.2, -0.15) is 5.10 Å². The fraction of sp³-hybridized carbons (Fsp3) is 0.429. The lowest BCUT2D eigenvalue weighted by Crippen LogP contribution is -2.36. The van der Waals surface area contributed by atoms with Gasteiger partial charge in [0.2, 0.25) is 5.91 Å². The molecule has 1 aliphatic rings. The first-order valence-electron chi connectivity index (χ1n) is 9.73. The summed E-state index contributed by atoms with van der Waals surface area (Å²) in [5, 5.41) is 4.43. The van der Waals surface area contributed by atoms with Crippen LogP contribution in [-0.2, 0) is 37.1 Å². The molecule has 4 heterocycles. The number of amides is 1. The van der Waals surface area contributed by atoms with Crippen LogP contribution in [0.2, 0.25) is 0 Å². The molecule has 28 heavy (non-hydrogen) atoms. The summed E-state index contributed by atoms with van der Waals surface area (Å²) < 4.78 is 7.82. The average molecular weight is 379 g/mol. The summed E-state index contributed by atoms with van der Waals surface area (Å²) in [5.41, 5.74) is 4.13. The zero-order chi connectivity index (χ0) is 19.5. The second-order valence-electron chi connectivity index (χ2n) is 7.30. The standard InChI is InChI=1S/C21H25N5O2/c1-15-12-16(2)26(24-15)11-8-21(27)25-10-7-19-18(14-25)23-20(28-19)6-5-17-4-3-9-22-13-17/h3-4,9,12-13H,5-8,10-11,14H2,1-2H3. The van der Waals surface area contributed by atoms with E-state index in [0.29, 0.717) is 26.1 Å². The van der Waals surface area contributed by atoms with E-state index in [4.69, 9.17) is 4.42 Å². The number of hydrogen-bond donors (Lipinski definition) is 0. The molecular weight excluding hydrogens is 354 g/mol. The molecule has 3 aromatic heterocycles. The molecule has 3 aromatic rings. The van der Waals surface area contributed by atoms with E-state index in [1.807, 2.05) is 41.8 Å². The Labute approximate surface area is 164 Å². The van der Waals surface area contributed by atoms with E-state index in [1.165, 1.54) is 5.56 Å². The van der Waals surface area contributed by atoms with Gasteiger partial charge < -0.3 is 9.32 Å². The molecule has 0 radical (unpaired) electrons. The van der Waals surface area contributed by atoms with Crippen LogP contribution < -0.4 is 0 Å². The van der Waals surface area contributed by atoms with Gasteiger partial charge in [-0.1, -0.05) is 6.07 Å². The molecule has 0 fully saturated rings. The number of fused-ring (bicyclic) bond motifs is 1. The molecule has 4 rings (SSSR count). The number of carbonyl (C=O) groups excluding carboxylic acids is 1. The second kappa shape index (κ2) is 7.96. The van der Waals surface area contributed by atoms with Crippen LogP contribution in [0, 0.1) is 13.8 Å². The lowest BCUT2D eigenvalue weighted by molar-refractivity contribution is -0.132. The van der Waals surface area contributed by atoms with Crippen LogP contribution in [0.25, 0.3) is 0 Å². The third-order valence-corrected chi connectivity index (χ3v) is 5.12. The molecule has 0 saturated carbocycles. The molecule has 7 heteroatoms. The summed E-state index contributed by atoms with van der Waals surface area (Å²) in [6.45, 7) is 5.80. The van der Waals surface area contributed by atoms with Crippen molar-refractivity contribution in [2.45, 2.75) is 52.6 Å². The topological polar surface area (TPSA) is 77.0 Å². The van der Waals surface area contributed by atoms with Gasteiger partial charge in [0, 0.05) is 50.4 Å². The number of rotatable bonds is 6. The molecule has 7 nitrogen and oxygen atoms in total. The van der Waals surface area contributed by atoms with E-state index in [1.54, 1.807) is 6.20 Å². The maximum atomic E-state index is 12.6. The minimum Gasteiger partial charge on any atom is -0.445 e. The van der Waals surface area contributed by atoms with Crippen molar-refractivity contribution in [1.29, 1.82) is 0 Å². The molecule has 0 spiro atoms. The van der Waals surface area contributed by atoms with Gasteiger partial charge in [0.05, 0.1) is 12.2 Å². The Kier molecular flexibility index (Phi) is 5.23. The minimum atomic E-state index is 0.137. The van der Waals surface area contributed by atoms with Crippen LogP contribution in [0.4, 0.5) is 0 Å². The zero-order valence-electron chi connectivity index (χ0n) is 16.4. The van der Waals surface area contributed by atoms with Gasteiger partial charge in [0.1, 0.15) is 11.5 Å². The van der Waals surface area contributed by atoms with Crippen molar-refractivity contribution >= 4 is 5.91 Å². The Hall–Kier alpha value is -2.96. The molecule has 0 aliphatic carbocycles. The van der Waals surface area contributed by atoms with E-state index >= 15 is 0 Å². The molecule has 1 aliphatic heterocycles. The Bertz CT molecular complexity index is 961. The summed E-state index contributed by atoms with van der Waals surface area (Å²) in [5.74, 6) is 1.80. The molecule has 146 valence electrons. The van der Waals surface area contributed by atoms with Gasteiger partial charge in [0.15, 0.2) is 5.89 Å². The van der Waals surface area contributed by atoms with E-state index in [0.717, 1.165) is 48.0 Å². The van der Waals surface area contributed by atoms with Crippen molar-refractivity contribution in [2.24, 2.45) is 0 Å². The van der Waals surface area contributed by atoms with Crippen LogP contribution in [0.5, 0.6) is 0 Å². The van der Waals surface area contributed by atoms with Crippen LogP contribution in [0.1, 0.15) is 40.7 Å². The van der Waals surface area contributed by atoms with Crippen LogP contribution in [-0.4, -0.2) is 37.1 Å². The van der Waals surface area contributed by atoms with Crippen molar-refractivity contribution in [3.05, 3.63) is 64.9 Å². The summed E-state index contributed by atoms with van der Waals surface area (Å²) in [6.07, 6.45) is 6.40. The maximum Gasteiger partial charge on any atom is 0.224 e. The van der Waals surface area contributed by atoms with E-state index in [9.17, 15) is 4.79 Å². The molecule has 1 amide bonds. The monoisotopic (exact) mass is 379 g/mol. The number of carbonyl (C=O) groups is 1. The first-order chi connectivity index (χ1) is 13.6. The van der Waals surface area contributed by atoms with Crippen LogP contribution >= 0.6 is 0 Å². The molecule has 0 atom stereocenters. The smallest absolute Gasteiger partial charge is 0.224 e. The number of pyridine rings is 1. The fourth-order valence-corrected chi connectivity index (χ4v) is 3.63. The quantitative estimate of drug-likeness (QED) is 0.658. The highest BCUT2D eigenvalue weighted by Crippen LogP contribution is 2.21. The van der Waals surface area contributed by atoms with Gasteiger partial charge >= 0.3 is 0 Å². The largest absolute Gasteiger partial charge is 0.445 e. The second-order valence-corrected chi connectivity index (χ2v) is 7.30. The molecule has 0 unspecified atom stereocenters. The van der Waals surface area contributed by atoms with Crippen molar-refractivity contribution in [1.82, 2.24) is 24.6 Å². The number of hydrogen-bond acceptors (Lipinski definition) is 5. The number of aromatic nitrogens is 4. The Morgan fingerprint density at radius 1 is 1.29 bits per heavy atom. The summed E-state index contributed by atoms with van der Waals surface area (Å²) >= 11 is 0. The summed E-state index contributed by atoms with van der Waals surface area (Å²) in [7, 11) is 0. The molecule has 0 aromatic carbocycles. The lowest BCUT2D eigenvalue weighted by Gasteiger charge is -2.25. The van der Waals surface area contributed by atoms with E-state index in [-0.39, 0.29) is 5.91 Å². The van der Waals surface area contributed by atoms with Crippen molar-refractivity contribution < 1.29 is 9.21 Å². The number of aryl methyl sites for hydroxylation is 5. The van der Waals surface area contributed by atoms with Gasteiger partial charge in [-0.25, -0.2) is 4.98 Å². The normalized spacial score (nSPS) is 13.6. The third kappa shape index (κ3) is 4.13. The van der Waals surface area contributed by atoms with Crippen molar-refractivity contribution in [3.63, 3.8) is 0 Å². The highest BCUT2D eigenvalue weighted by Gasteiger charge is 2.25. The first kappa shape index (κ1) is 18.4. The first-order valence-corrected chi connectivity index (χ1v) is 9.73. The predicted molar refractivity (Wildman–Crippen MR) is 104 cm³/mol. The Balaban J connectivity index is 1.33. The zero-order valence-corrected chi connectivity index (χ0v) is 16.4. The SMILES string of the molecule is Cc1cc(C)n(CCC(=O)N2CCc3oc(CCc4cccnc4)nc3C2)n1. The van der Waals surface area contributed by atoms with Crippen LogP contribution in [0.15, 0.2) is 35.0 Å². The van der Waals surface area contributed by atoms with Gasteiger partial charge in [0.25, 0.3) is 0 Å². The Morgan fingerprint density at radius 3 is 2.93 bits per heavy atom. The van der Waals surface area contributed by atoms with Crippen molar-refractivity contribution in [2.75, 3.05) is 6.54 Å². The fourth-order valence-electron chi connectivity index (χ4n) is 3.63. The summed E-state index contributed by atoms with van der Waals surface area (Å²) in [6, 6.07) is 6.02. The van der Waals surface area contributed by atoms with Gasteiger partial charge in [-0.15, -0.1) is 0 Å². The molecule has 0 N–H and O–H groups in total. The highest BCUT2D eigenvalue weighted by molar-refractivity contribution is 5.76. The molecular formula is C21H25N5O2. The number of nitrogens with zero attached hydrogens (tertiary/aromatic N) is 5. The molecule has 0 saturated heterocycles. The lowest BCUT2D eigenvalue weighted by atomic mass is 10.1. The van der Waals surface area contributed by atoms with Crippen molar-refractivity contribution in [3.8, 4) is 0 Å². The minimum absolute atomic E-state index is 0.137. The van der Waals surface area contributed by atoms with Gasteiger partial charge in [-0.05, 0) is 38.0 Å². The van der Waals surface area contributed by atoms with Crippen LogP contribution in [0.3, 0.4) is 0 Å². The average Bonchev–Trinajstić information content (AvgIpc) is 3.26. The highest BCUT2D eigenvalue weighted by atomic mass is 16.4. The van der Waals surface area contributed by atoms with Gasteiger partial charge in [-0.3, -0.25) is 14.5 Å². The van der Waals surface area contributed by atoms with E-state index in [2.05, 4.69) is 21.1 Å². The predicted octanol–water partition coefficient (Wildman–Crippen LogP) is 2.64. The third-order valence-electron chi connectivity index (χ3n) is 5.12.